The highest BCUT2D eigenvalue weighted by Crippen LogP contribution is 2.34. The Labute approximate surface area is 123 Å². The molecule has 0 amide bonds. The van der Waals surface area contributed by atoms with Crippen LogP contribution in [0.4, 0.5) is 11.4 Å². The molecule has 8 heteroatoms. The van der Waals surface area contributed by atoms with E-state index in [4.69, 9.17) is 0 Å². The minimum atomic E-state index is -3.62. The van der Waals surface area contributed by atoms with Crippen LogP contribution < -0.4 is 4.90 Å². The Hall–Kier alpha value is -1.67. The first-order valence-electron chi connectivity index (χ1n) is 7.04. The number of rotatable bonds is 4. The normalized spacial score (nSPS) is 19.5. The fourth-order valence-electron chi connectivity index (χ4n) is 2.71. The Bertz CT molecular complexity index is 664. The third-order valence-electron chi connectivity index (χ3n) is 4.04. The molecular formula is C13H17N3O4S. The summed E-state index contributed by atoms with van der Waals surface area (Å²) in [6.07, 6.45) is 2.69. The second-order valence-electron chi connectivity index (χ2n) is 5.36. The topological polar surface area (TPSA) is 83.8 Å². The maximum absolute atomic E-state index is 12.5. The summed E-state index contributed by atoms with van der Waals surface area (Å²) in [6, 6.07) is 4.23. The summed E-state index contributed by atoms with van der Waals surface area (Å²) in [7, 11) is -3.62. The van der Waals surface area contributed by atoms with Crippen LogP contribution in [0.1, 0.15) is 19.3 Å². The molecule has 2 saturated heterocycles. The molecular weight excluding hydrogens is 294 g/mol. The molecule has 0 radical (unpaired) electrons. The number of nitro benzene ring substituents is 1. The lowest BCUT2D eigenvalue weighted by molar-refractivity contribution is -0.384. The lowest BCUT2D eigenvalue weighted by atomic mass is 10.1. The quantitative estimate of drug-likeness (QED) is 0.623. The number of hydrogen-bond acceptors (Lipinski definition) is 5. The zero-order chi connectivity index (χ0) is 15.0. The Morgan fingerprint density at radius 3 is 2.24 bits per heavy atom. The van der Waals surface area contributed by atoms with E-state index in [9.17, 15) is 18.5 Å². The number of nitro groups is 1. The first-order chi connectivity index (χ1) is 10.00. The molecule has 0 unspecified atom stereocenters. The van der Waals surface area contributed by atoms with Crippen molar-refractivity contribution >= 4 is 21.4 Å². The molecule has 0 aromatic heterocycles. The van der Waals surface area contributed by atoms with Gasteiger partial charge >= 0.3 is 0 Å². The zero-order valence-corrected chi connectivity index (χ0v) is 12.4. The van der Waals surface area contributed by atoms with E-state index in [1.165, 1.54) is 16.4 Å². The van der Waals surface area contributed by atoms with Crippen LogP contribution in [0.5, 0.6) is 0 Å². The fourth-order valence-corrected chi connectivity index (χ4v) is 4.25. The van der Waals surface area contributed by atoms with Crippen LogP contribution >= 0.6 is 0 Å². The van der Waals surface area contributed by atoms with Gasteiger partial charge in [0.05, 0.1) is 9.82 Å². The zero-order valence-electron chi connectivity index (χ0n) is 11.6. The van der Waals surface area contributed by atoms with E-state index < -0.39 is 14.9 Å². The molecule has 0 N–H and O–H groups in total. The van der Waals surface area contributed by atoms with Crippen molar-refractivity contribution in [1.82, 2.24) is 4.31 Å². The van der Waals surface area contributed by atoms with Crippen molar-refractivity contribution in [3.63, 3.8) is 0 Å². The van der Waals surface area contributed by atoms with Gasteiger partial charge in [-0.1, -0.05) is 0 Å². The third kappa shape index (κ3) is 2.49. The Morgan fingerprint density at radius 1 is 1.05 bits per heavy atom. The van der Waals surface area contributed by atoms with Gasteiger partial charge in [0, 0.05) is 32.2 Å². The first kappa shape index (κ1) is 14.3. The second kappa shape index (κ2) is 5.27. The third-order valence-corrected chi connectivity index (χ3v) is 5.94. The van der Waals surface area contributed by atoms with Gasteiger partial charge < -0.3 is 4.90 Å². The molecule has 1 aromatic carbocycles. The summed E-state index contributed by atoms with van der Waals surface area (Å²) in [5.41, 5.74) is 0.376. The maximum Gasteiger partial charge on any atom is 0.293 e. The summed E-state index contributed by atoms with van der Waals surface area (Å²) in [5.74, 6) is 0. The molecule has 2 aliphatic heterocycles. The van der Waals surface area contributed by atoms with Gasteiger partial charge in [-0.2, -0.15) is 4.31 Å². The highest BCUT2D eigenvalue weighted by molar-refractivity contribution is 7.89. The lowest BCUT2D eigenvalue weighted by Crippen LogP contribution is -2.37. The Kier molecular flexibility index (Phi) is 3.58. The minimum Gasteiger partial charge on any atom is -0.366 e. The monoisotopic (exact) mass is 311 g/mol. The van der Waals surface area contributed by atoms with Crippen LogP contribution in [0, 0.1) is 10.1 Å². The molecule has 7 nitrogen and oxygen atoms in total. The van der Waals surface area contributed by atoms with Crippen LogP contribution in [-0.4, -0.2) is 43.8 Å². The van der Waals surface area contributed by atoms with Gasteiger partial charge in [0.15, 0.2) is 0 Å². The van der Waals surface area contributed by atoms with Crippen LogP contribution in [0.2, 0.25) is 0 Å². The number of sulfonamides is 1. The van der Waals surface area contributed by atoms with E-state index in [1.807, 2.05) is 4.90 Å². The van der Waals surface area contributed by atoms with Gasteiger partial charge in [0.1, 0.15) is 5.69 Å². The lowest BCUT2D eigenvalue weighted by Gasteiger charge is -2.32. The molecule has 1 aromatic rings. The van der Waals surface area contributed by atoms with Crippen LogP contribution in [0.15, 0.2) is 23.1 Å². The average molecular weight is 311 g/mol. The first-order valence-corrected chi connectivity index (χ1v) is 8.48. The molecule has 0 saturated carbocycles. The van der Waals surface area contributed by atoms with E-state index in [2.05, 4.69) is 0 Å². The summed E-state index contributed by atoms with van der Waals surface area (Å²) in [5, 5.41) is 11.2. The highest BCUT2D eigenvalue weighted by atomic mass is 32.2. The average Bonchev–Trinajstić information content (AvgIpc) is 2.91. The number of benzene rings is 1. The van der Waals surface area contributed by atoms with E-state index in [0.717, 1.165) is 32.4 Å². The van der Waals surface area contributed by atoms with Crippen molar-refractivity contribution in [2.45, 2.75) is 24.2 Å². The van der Waals surface area contributed by atoms with Crippen LogP contribution in [0.3, 0.4) is 0 Å². The summed E-state index contributed by atoms with van der Waals surface area (Å²) >= 11 is 0. The minimum absolute atomic E-state index is 0.0142. The SMILES string of the molecule is O=[N+]([O-])c1cc(S(=O)(=O)N2CCCC2)ccc1N1CCC1. The molecule has 0 spiro atoms. The summed E-state index contributed by atoms with van der Waals surface area (Å²) < 4.78 is 26.3. The molecule has 21 heavy (non-hydrogen) atoms. The second-order valence-corrected chi connectivity index (χ2v) is 7.30. The Balaban J connectivity index is 2.00. The summed E-state index contributed by atoms with van der Waals surface area (Å²) in [4.78, 5) is 12.6. The largest absolute Gasteiger partial charge is 0.366 e. The van der Waals surface area contributed by atoms with Gasteiger partial charge in [-0.05, 0) is 31.4 Å². The van der Waals surface area contributed by atoms with Crippen molar-refractivity contribution in [3.05, 3.63) is 28.3 Å². The maximum atomic E-state index is 12.5. The Morgan fingerprint density at radius 2 is 1.71 bits per heavy atom. The fraction of sp³-hybridized carbons (Fsp3) is 0.538. The van der Waals surface area contributed by atoms with Gasteiger partial charge in [-0.3, -0.25) is 10.1 Å². The molecule has 0 bridgehead atoms. The molecule has 2 heterocycles. The van der Waals surface area contributed by atoms with Crippen molar-refractivity contribution in [3.8, 4) is 0 Å². The summed E-state index contributed by atoms with van der Waals surface area (Å²) in [6.45, 7) is 2.53. The molecule has 114 valence electrons. The molecule has 2 fully saturated rings. The van der Waals surface area contributed by atoms with E-state index >= 15 is 0 Å². The van der Waals surface area contributed by atoms with Gasteiger partial charge in [0.2, 0.25) is 10.0 Å². The van der Waals surface area contributed by atoms with Crippen LogP contribution in [0.25, 0.3) is 0 Å². The van der Waals surface area contributed by atoms with E-state index in [1.54, 1.807) is 6.07 Å². The smallest absolute Gasteiger partial charge is 0.293 e. The molecule has 0 atom stereocenters. The van der Waals surface area contributed by atoms with Gasteiger partial charge in [-0.15, -0.1) is 0 Å². The molecule has 0 aliphatic carbocycles. The molecule has 3 rings (SSSR count). The number of nitrogens with zero attached hydrogens (tertiary/aromatic N) is 3. The van der Waals surface area contributed by atoms with Crippen molar-refractivity contribution in [2.24, 2.45) is 0 Å². The number of hydrogen-bond donors (Lipinski definition) is 0. The highest BCUT2D eigenvalue weighted by Gasteiger charge is 2.31. The van der Waals surface area contributed by atoms with E-state index in [0.29, 0.717) is 18.8 Å². The van der Waals surface area contributed by atoms with Gasteiger partial charge in [-0.25, -0.2) is 8.42 Å². The van der Waals surface area contributed by atoms with Crippen molar-refractivity contribution < 1.29 is 13.3 Å². The standard InChI is InChI=1S/C13H17N3O4S/c17-16(18)13-10-11(4-5-12(13)14-6-3-7-14)21(19,20)15-8-1-2-9-15/h4-5,10H,1-3,6-9H2. The van der Waals surface area contributed by atoms with Crippen molar-refractivity contribution in [1.29, 1.82) is 0 Å². The van der Waals surface area contributed by atoms with E-state index in [-0.39, 0.29) is 10.6 Å². The number of anilines is 1. The molecule has 2 aliphatic rings. The van der Waals surface area contributed by atoms with Gasteiger partial charge in [0.25, 0.3) is 5.69 Å². The van der Waals surface area contributed by atoms with Crippen LogP contribution in [-0.2, 0) is 10.0 Å². The van der Waals surface area contributed by atoms with Crippen molar-refractivity contribution in [2.75, 3.05) is 31.1 Å². The predicted molar refractivity (Wildman–Crippen MR) is 77.9 cm³/mol. The predicted octanol–water partition coefficient (Wildman–Crippen LogP) is 1.59.